The van der Waals surface area contributed by atoms with Crippen LogP contribution in [-0.4, -0.2) is 37.4 Å². The summed E-state index contributed by atoms with van der Waals surface area (Å²) in [5, 5.41) is 2.93. The number of carbonyl (C=O) groups excluding carboxylic acids is 1. The molecular weight excluding hydrogens is 156 g/mol. The highest BCUT2D eigenvalue weighted by molar-refractivity contribution is 5.67. The summed E-state index contributed by atoms with van der Waals surface area (Å²) in [6.45, 7) is 4.83. The fourth-order valence-electron chi connectivity index (χ4n) is 1.21. The number of rotatable bonds is 3. The zero-order valence-corrected chi connectivity index (χ0v) is 7.51. The summed E-state index contributed by atoms with van der Waals surface area (Å²) >= 11 is 0. The zero-order valence-electron chi connectivity index (χ0n) is 7.51. The van der Waals surface area contributed by atoms with Gasteiger partial charge in [0.2, 0.25) is 0 Å². The Hall–Kier alpha value is -0.770. The van der Waals surface area contributed by atoms with E-state index in [-0.39, 0.29) is 6.09 Å². The topological polar surface area (TPSA) is 41.6 Å². The number of nitrogens with one attached hydrogen (secondary N) is 1. The second-order valence-electron chi connectivity index (χ2n) is 2.85. The summed E-state index contributed by atoms with van der Waals surface area (Å²) in [4.78, 5) is 12.9. The Kier molecular flexibility index (Phi) is 3.87. The maximum atomic E-state index is 11.2. The van der Waals surface area contributed by atoms with Gasteiger partial charge in [-0.15, -0.1) is 0 Å². The van der Waals surface area contributed by atoms with Gasteiger partial charge in [-0.2, -0.15) is 0 Å². The van der Waals surface area contributed by atoms with Crippen molar-refractivity contribution in [3.63, 3.8) is 0 Å². The van der Waals surface area contributed by atoms with E-state index >= 15 is 0 Å². The predicted octanol–water partition coefficient (Wildman–Crippen LogP) is 0.786. The molecule has 0 saturated carbocycles. The Morgan fingerprint density at radius 2 is 2.17 bits per heavy atom. The highest BCUT2D eigenvalue weighted by Crippen LogP contribution is 2.08. The minimum atomic E-state index is -0.187. The summed E-state index contributed by atoms with van der Waals surface area (Å²) in [5.41, 5.74) is 0. The van der Waals surface area contributed by atoms with Crippen molar-refractivity contribution < 1.29 is 9.53 Å². The third-order valence-electron chi connectivity index (χ3n) is 1.91. The van der Waals surface area contributed by atoms with Crippen LogP contribution in [0.5, 0.6) is 0 Å². The quantitative estimate of drug-likeness (QED) is 0.505. The molecule has 4 nitrogen and oxygen atoms in total. The maximum absolute atomic E-state index is 11.2. The van der Waals surface area contributed by atoms with Gasteiger partial charge in [-0.3, -0.25) is 5.32 Å². The Morgan fingerprint density at radius 3 is 2.75 bits per heavy atom. The Balaban J connectivity index is 2.10. The van der Waals surface area contributed by atoms with E-state index in [1.165, 1.54) is 0 Å². The summed E-state index contributed by atoms with van der Waals surface area (Å²) in [6, 6.07) is 0. The summed E-state index contributed by atoms with van der Waals surface area (Å²) in [6.07, 6.45) is 2.03. The monoisotopic (exact) mass is 172 g/mol. The van der Waals surface area contributed by atoms with Gasteiger partial charge in [0.25, 0.3) is 0 Å². The molecule has 0 aromatic carbocycles. The molecule has 12 heavy (non-hydrogen) atoms. The van der Waals surface area contributed by atoms with Gasteiger partial charge >= 0.3 is 6.09 Å². The summed E-state index contributed by atoms with van der Waals surface area (Å²) in [7, 11) is 0. The number of hydrogen-bond acceptors (Lipinski definition) is 3. The van der Waals surface area contributed by atoms with E-state index in [1.54, 1.807) is 4.90 Å². The first-order valence-electron chi connectivity index (χ1n) is 4.47. The normalized spacial score (nSPS) is 16.6. The SMILES string of the molecule is CCNCOC(=O)N1CCCC1. The van der Waals surface area contributed by atoms with Gasteiger partial charge in [0, 0.05) is 13.1 Å². The maximum Gasteiger partial charge on any atom is 0.411 e. The van der Waals surface area contributed by atoms with Gasteiger partial charge < -0.3 is 9.64 Å². The first-order valence-corrected chi connectivity index (χ1v) is 4.47. The van der Waals surface area contributed by atoms with Crippen LogP contribution < -0.4 is 5.32 Å². The molecule has 1 saturated heterocycles. The second-order valence-corrected chi connectivity index (χ2v) is 2.85. The third-order valence-corrected chi connectivity index (χ3v) is 1.91. The molecule has 0 aromatic rings. The summed E-state index contributed by atoms with van der Waals surface area (Å²) < 4.78 is 4.94. The number of amides is 1. The van der Waals surface area contributed by atoms with Crippen molar-refractivity contribution in [2.75, 3.05) is 26.4 Å². The van der Waals surface area contributed by atoms with Gasteiger partial charge in [0.15, 0.2) is 0 Å². The molecule has 0 unspecified atom stereocenters. The highest BCUT2D eigenvalue weighted by atomic mass is 16.6. The Bertz CT molecular complexity index is 144. The van der Waals surface area contributed by atoms with E-state index in [0.29, 0.717) is 6.73 Å². The van der Waals surface area contributed by atoms with Gasteiger partial charge in [-0.05, 0) is 19.4 Å². The number of likely N-dealkylation sites (tertiary alicyclic amines) is 1. The molecular formula is C8H16N2O2. The molecule has 0 spiro atoms. The van der Waals surface area contributed by atoms with Gasteiger partial charge in [0.1, 0.15) is 6.73 Å². The van der Waals surface area contributed by atoms with E-state index in [0.717, 1.165) is 32.5 Å². The van der Waals surface area contributed by atoms with Crippen LogP contribution in [0.3, 0.4) is 0 Å². The summed E-state index contributed by atoms with van der Waals surface area (Å²) in [5.74, 6) is 0. The fraction of sp³-hybridized carbons (Fsp3) is 0.875. The molecule has 1 N–H and O–H groups in total. The van der Waals surface area contributed by atoms with Crippen molar-refractivity contribution >= 4 is 6.09 Å². The molecule has 1 heterocycles. The number of hydrogen-bond donors (Lipinski definition) is 1. The molecule has 0 aromatic heterocycles. The smallest absolute Gasteiger partial charge is 0.411 e. The van der Waals surface area contributed by atoms with Crippen molar-refractivity contribution in [2.24, 2.45) is 0 Å². The molecule has 70 valence electrons. The molecule has 0 atom stereocenters. The lowest BCUT2D eigenvalue weighted by Crippen LogP contribution is -2.31. The van der Waals surface area contributed by atoms with Gasteiger partial charge in [-0.25, -0.2) is 4.79 Å². The van der Waals surface area contributed by atoms with Crippen LogP contribution in [0.25, 0.3) is 0 Å². The lowest BCUT2D eigenvalue weighted by Gasteiger charge is -2.14. The Labute approximate surface area is 72.9 Å². The van der Waals surface area contributed by atoms with Crippen LogP contribution in [0.4, 0.5) is 4.79 Å². The van der Waals surface area contributed by atoms with Crippen molar-refractivity contribution in [1.29, 1.82) is 0 Å². The minimum absolute atomic E-state index is 0.187. The standard InChI is InChI=1S/C8H16N2O2/c1-2-9-7-12-8(11)10-5-3-4-6-10/h9H,2-7H2,1H3. The average molecular weight is 172 g/mol. The van der Waals surface area contributed by atoms with Crippen LogP contribution in [0.2, 0.25) is 0 Å². The van der Waals surface area contributed by atoms with E-state index in [9.17, 15) is 4.79 Å². The van der Waals surface area contributed by atoms with E-state index < -0.39 is 0 Å². The molecule has 1 amide bonds. The fourth-order valence-corrected chi connectivity index (χ4v) is 1.21. The van der Waals surface area contributed by atoms with E-state index in [2.05, 4.69) is 5.32 Å². The molecule has 1 aliphatic heterocycles. The second kappa shape index (κ2) is 4.98. The number of nitrogens with zero attached hydrogens (tertiary/aromatic N) is 1. The van der Waals surface area contributed by atoms with Gasteiger partial charge in [0.05, 0.1) is 0 Å². The molecule has 1 fully saturated rings. The molecule has 0 radical (unpaired) electrons. The van der Waals surface area contributed by atoms with E-state index in [1.807, 2.05) is 6.92 Å². The van der Waals surface area contributed by atoms with Crippen molar-refractivity contribution in [3.05, 3.63) is 0 Å². The van der Waals surface area contributed by atoms with Crippen molar-refractivity contribution in [3.8, 4) is 0 Å². The third kappa shape index (κ3) is 2.70. The highest BCUT2D eigenvalue weighted by Gasteiger charge is 2.18. The van der Waals surface area contributed by atoms with Crippen molar-refractivity contribution in [1.82, 2.24) is 10.2 Å². The molecule has 0 bridgehead atoms. The van der Waals surface area contributed by atoms with Crippen molar-refractivity contribution in [2.45, 2.75) is 19.8 Å². The Morgan fingerprint density at radius 1 is 1.50 bits per heavy atom. The lowest BCUT2D eigenvalue weighted by atomic mass is 10.4. The van der Waals surface area contributed by atoms with Crippen LogP contribution >= 0.6 is 0 Å². The van der Waals surface area contributed by atoms with Crippen LogP contribution in [-0.2, 0) is 4.74 Å². The van der Waals surface area contributed by atoms with Crippen LogP contribution in [0.1, 0.15) is 19.8 Å². The average Bonchev–Trinajstić information content (AvgIpc) is 2.56. The molecule has 1 rings (SSSR count). The predicted molar refractivity (Wildman–Crippen MR) is 45.8 cm³/mol. The van der Waals surface area contributed by atoms with Crippen LogP contribution in [0.15, 0.2) is 0 Å². The van der Waals surface area contributed by atoms with E-state index in [4.69, 9.17) is 4.74 Å². The zero-order chi connectivity index (χ0) is 8.81. The molecule has 0 aliphatic carbocycles. The van der Waals surface area contributed by atoms with Crippen LogP contribution in [0, 0.1) is 0 Å². The largest absolute Gasteiger partial charge is 0.433 e. The lowest BCUT2D eigenvalue weighted by molar-refractivity contribution is 0.103. The number of ether oxygens (including phenoxy) is 1. The molecule has 1 aliphatic rings. The number of carbonyl (C=O) groups is 1. The minimum Gasteiger partial charge on any atom is -0.433 e. The molecule has 4 heteroatoms. The first kappa shape index (κ1) is 9.32. The van der Waals surface area contributed by atoms with Gasteiger partial charge in [-0.1, -0.05) is 6.92 Å². The first-order chi connectivity index (χ1) is 5.84.